The van der Waals surface area contributed by atoms with Crippen molar-refractivity contribution in [2.24, 2.45) is 0 Å². The molecular weight excluding hydrogens is 354 g/mol. The minimum Gasteiger partial charge on any atom is -0.481 e. The molecule has 4 aromatic heterocycles. The second-order valence-corrected chi connectivity index (χ2v) is 6.49. The molecule has 0 aliphatic rings. The number of pyridine rings is 1. The van der Waals surface area contributed by atoms with Crippen molar-refractivity contribution in [1.29, 1.82) is 5.26 Å². The molecule has 0 aliphatic heterocycles. The van der Waals surface area contributed by atoms with Crippen LogP contribution < -0.4 is 4.74 Å². The predicted molar refractivity (Wildman–Crippen MR) is 106 cm³/mol. The second kappa shape index (κ2) is 7.04. The van der Waals surface area contributed by atoms with Gasteiger partial charge in [0.2, 0.25) is 5.88 Å². The van der Waals surface area contributed by atoms with E-state index in [4.69, 9.17) is 4.74 Å². The Balaban J connectivity index is 1.72. The van der Waals surface area contributed by atoms with Crippen LogP contribution in [-0.4, -0.2) is 36.8 Å². The lowest BCUT2D eigenvalue weighted by molar-refractivity contribution is 0.398. The molecule has 2 N–H and O–H groups in total. The Bertz CT molecular complexity index is 1210. The molecule has 0 unspecified atom stereocenters. The number of nitrogens with zero attached hydrogens (tertiary/aromatic N) is 5. The Labute approximate surface area is 161 Å². The highest BCUT2D eigenvalue weighted by atomic mass is 16.5. The standard InChI is InChI=1S/C20H19N7O/c1-12-6-14(13(2)27(12)11-16-4-5-23-26-16)7-15(9-21)20-24-17-8-19(28-3)22-10-18(17)25-20/h4-8,10H,11H2,1-3H3,(H,23,26)(H,24,25)/b15-7+. The predicted octanol–water partition coefficient (Wildman–Crippen LogP) is 3.22. The van der Waals surface area contributed by atoms with Crippen molar-refractivity contribution >= 4 is 22.7 Å². The zero-order chi connectivity index (χ0) is 19.7. The van der Waals surface area contributed by atoms with E-state index in [1.807, 2.05) is 26.0 Å². The van der Waals surface area contributed by atoms with Crippen LogP contribution in [0.1, 0.15) is 28.5 Å². The van der Waals surface area contributed by atoms with Crippen molar-refractivity contribution in [3.8, 4) is 11.9 Å². The molecular formula is C20H19N7O. The number of nitrogens with one attached hydrogen (secondary N) is 2. The molecule has 0 aromatic carbocycles. The van der Waals surface area contributed by atoms with E-state index < -0.39 is 0 Å². The van der Waals surface area contributed by atoms with Gasteiger partial charge in [-0.2, -0.15) is 10.4 Å². The number of fused-ring (bicyclic) bond motifs is 1. The van der Waals surface area contributed by atoms with Crippen molar-refractivity contribution in [3.05, 3.63) is 59.1 Å². The van der Waals surface area contributed by atoms with Crippen molar-refractivity contribution in [2.45, 2.75) is 20.4 Å². The van der Waals surface area contributed by atoms with Crippen LogP contribution in [0.15, 0.2) is 30.6 Å². The summed E-state index contributed by atoms with van der Waals surface area (Å²) in [5.74, 6) is 0.987. The molecule has 0 aliphatic carbocycles. The number of methoxy groups -OCH3 is 1. The van der Waals surface area contributed by atoms with Crippen LogP contribution in [0.4, 0.5) is 0 Å². The molecule has 0 saturated heterocycles. The van der Waals surface area contributed by atoms with Gasteiger partial charge in [-0.3, -0.25) is 5.10 Å². The van der Waals surface area contributed by atoms with Gasteiger partial charge in [-0.25, -0.2) is 9.97 Å². The molecule has 4 heterocycles. The summed E-state index contributed by atoms with van der Waals surface area (Å²) in [7, 11) is 1.56. The van der Waals surface area contributed by atoms with E-state index in [1.165, 1.54) is 0 Å². The third-order valence-corrected chi connectivity index (χ3v) is 4.73. The minimum atomic E-state index is 0.456. The van der Waals surface area contributed by atoms with Gasteiger partial charge in [0.05, 0.1) is 42.2 Å². The van der Waals surface area contributed by atoms with Gasteiger partial charge in [0.1, 0.15) is 11.9 Å². The van der Waals surface area contributed by atoms with Crippen LogP contribution in [0.3, 0.4) is 0 Å². The van der Waals surface area contributed by atoms with Crippen LogP contribution >= 0.6 is 0 Å². The van der Waals surface area contributed by atoms with E-state index in [1.54, 1.807) is 25.6 Å². The first-order valence-corrected chi connectivity index (χ1v) is 8.76. The van der Waals surface area contributed by atoms with Crippen LogP contribution in [0.5, 0.6) is 5.88 Å². The Hall–Kier alpha value is -3.86. The van der Waals surface area contributed by atoms with Crippen LogP contribution in [0.25, 0.3) is 22.7 Å². The Morgan fingerprint density at radius 1 is 1.36 bits per heavy atom. The number of allylic oxidation sites excluding steroid dienone is 1. The van der Waals surface area contributed by atoms with E-state index >= 15 is 0 Å². The highest BCUT2D eigenvalue weighted by molar-refractivity contribution is 5.90. The number of aryl methyl sites for hydroxylation is 1. The van der Waals surface area contributed by atoms with Crippen LogP contribution in [0.2, 0.25) is 0 Å². The minimum absolute atomic E-state index is 0.456. The topological polar surface area (TPSA) is 108 Å². The molecule has 4 aromatic rings. The number of H-pyrrole nitrogens is 2. The summed E-state index contributed by atoms with van der Waals surface area (Å²) in [5, 5.41) is 16.7. The van der Waals surface area contributed by atoms with E-state index in [0.29, 0.717) is 29.3 Å². The van der Waals surface area contributed by atoms with Gasteiger partial charge in [0.15, 0.2) is 0 Å². The third kappa shape index (κ3) is 3.14. The fourth-order valence-electron chi connectivity index (χ4n) is 3.20. The number of aromatic nitrogens is 6. The summed E-state index contributed by atoms with van der Waals surface area (Å²) >= 11 is 0. The van der Waals surface area contributed by atoms with Crippen LogP contribution in [0, 0.1) is 25.2 Å². The number of rotatable bonds is 5. The molecule has 0 fully saturated rings. The van der Waals surface area contributed by atoms with Gasteiger partial charge < -0.3 is 14.3 Å². The average Bonchev–Trinajstić information content (AvgIpc) is 3.41. The fraction of sp³-hybridized carbons (Fsp3) is 0.200. The number of nitriles is 1. The Morgan fingerprint density at radius 2 is 2.21 bits per heavy atom. The quantitative estimate of drug-likeness (QED) is 0.522. The van der Waals surface area contributed by atoms with Crippen molar-refractivity contribution in [3.63, 3.8) is 0 Å². The molecule has 4 rings (SSSR count). The number of ether oxygens (including phenoxy) is 1. The van der Waals surface area contributed by atoms with Crippen molar-refractivity contribution in [1.82, 2.24) is 29.7 Å². The van der Waals surface area contributed by atoms with E-state index in [-0.39, 0.29) is 0 Å². The molecule has 0 amide bonds. The van der Waals surface area contributed by atoms with Gasteiger partial charge in [-0.1, -0.05) is 0 Å². The lowest BCUT2D eigenvalue weighted by Crippen LogP contribution is -2.04. The Kier molecular flexibility index (Phi) is 4.41. The van der Waals surface area contributed by atoms with E-state index in [2.05, 4.69) is 41.9 Å². The SMILES string of the molecule is COc1cc2nc(/C(C#N)=C/c3cc(C)n(Cc4ccn[nH]4)c3C)[nH]c2cn1. The zero-order valence-corrected chi connectivity index (χ0v) is 15.8. The van der Waals surface area contributed by atoms with Crippen LogP contribution in [-0.2, 0) is 6.54 Å². The molecule has 8 heteroatoms. The zero-order valence-electron chi connectivity index (χ0n) is 15.8. The maximum atomic E-state index is 9.70. The van der Waals surface area contributed by atoms with Crippen molar-refractivity contribution in [2.75, 3.05) is 7.11 Å². The number of hydrogen-bond donors (Lipinski definition) is 2. The normalized spacial score (nSPS) is 11.7. The fourth-order valence-corrected chi connectivity index (χ4v) is 3.20. The maximum Gasteiger partial charge on any atom is 0.215 e. The highest BCUT2D eigenvalue weighted by Gasteiger charge is 2.13. The number of aromatic amines is 2. The lowest BCUT2D eigenvalue weighted by Gasteiger charge is -2.07. The summed E-state index contributed by atoms with van der Waals surface area (Å²) in [4.78, 5) is 11.8. The van der Waals surface area contributed by atoms with Gasteiger partial charge in [-0.05, 0) is 37.6 Å². The molecule has 0 bridgehead atoms. The summed E-state index contributed by atoms with van der Waals surface area (Å²) < 4.78 is 7.32. The third-order valence-electron chi connectivity index (χ3n) is 4.73. The molecule has 140 valence electrons. The van der Waals surface area contributed by atoms with Gasteiger partial charge in [-0.15, -0.1) is 0 Å². The number of hydrogen-bond acceptors (Lipinski definition) is 5. The summed E-state index contributed by atoms with van der Waals surface area (Å²) in [6.07, 6.45) is 5.24. The first-order chi connectivity index (χ1) is 13.6. The summed E-state index contributed by atoms with van der Waals surface area (Å²) in [6.45, 7) is 4.78. The average molecular weight is 373 g/mol. The molecule has 0 radical (unpaired) electrons. The first kappa shape index (κ1) is 17.5. The highest BCUT2D eigenvalue weighted by Crippen LogP contribution is 2.24. The summed E-state index contributed by atoms with van der Waals surface area (Å²) in [6, 6.07) is 8.00. The second-order valence-electron chi connectivity index (χ2n) is 6.49. The lowest BCUT2D eigenvalue weighted by atomic mass is 10.1. The maximum absolute atomic E-state index is 9.70. The smallest absolute Gasteiger partial charge is 0.215 e. The first-order valence-electron chi connectivity index (χ1n) is 8.76. The van der Waals surface area contributed by atoms with Gasteiger partial charge in [0, 0.05) is 23.7 Å². The molecule has 0 spiro atoms. The monoisotopic (exact) mass is 373 g/mol. The largest absolute Gasteiger partial charge is 0.481 e. The van der Waals surface area contributed by atoms with E-state index in [0.717, 1.165) is 28.2 Å². The Morgan fingerprint density at radius 3 is 2.93 bits per heavy atom. The molecule has 0 atom stereocenters. The molecule has 28 heavy (non-hydrogen) atoms. The molecule has 0 saturated carbocycles. The van der Waals surface area contributed by atoms with Crippen molar-refractivity contribution < 1.29 is 4.74 Å². The summed E-state index contributed by atoms with van der Waals surface area (Å²) in [5.41, 5.74) is 6.08. The molecule has 8 nitrogen and oxygen atoms in total. The van der Waals surface area contributed by atoms with E-state index in [9.17, 15) is 5.26 Å². The van der Waals surface area contributed by atoms with Gasteiger partial charge in [0.25, 0.3) is 0 Å². The number of imidazole rings is 1. The van der Waals surface area contributed by atoms with Gasteiger partial charge >= 0.3 is 0 Å².